The van der Waals surface area contributed by atoms with E-state index < -0.39 is 0 Å². The molecule has 13 heavy (non-hydrogen) atoms. The van der Waals surface area contributed by atoms with Gasteiger partial charge in [-0.2, -0.15) is 0 Å². The zero-order chi connectivity index (χ0) is 9.90. The van der Waals surface area contributed by atoms with Crippen molar-refractivity contribution in [3.8, 4) is 0 Å². The Morgan fingerprint density at radius 2 is 1.85 bits per heavy atom. The van der Waals surface area contributed by atoms with E-state index in [1.807, 2.05) is 13.8 Å². The van der Waals surface area contributed by atoms with Gasteiger partial charge < -0.3 is 10.4 Å². The minimum absolute atomic E-state index is 0.220. The number of aliphatic hydroxyl groups is 1. The summed E-state index contributed by atoms with van der Waals surface area (Å²) in [5.41, 5.74) is 0.489. The van der Waals surface area contributed by atoms with Crippen molar-refractivity contribution in [2.45, 2.75) is 58.6 Å². The lowest BCUT2D eigenvalue weighted by Gasteiger charge is -2.27. The molecule has 1 aliphatic carbocycles. The highest BCUT2D eigenvalue weighted by molar-refractivity contribution is 4.83. The second kappa shape index (κ2) is 4.43. The van der Waals surface area contributed by atoms with Gasteiger partial charge in [-0.3, -0.25) is 0 Å². The second-order valence-electron chi connectivity index (χ2n) is 4.93. The van der Waals surface area contributed by atoms with Crippen LogP contribution in [0.15, 0.2) is 0 Å². The monoisotopic (exact) mass is 185 g/mol. The van der Waals surface area contributed by atoms with Gasteiger partial charge >= 0.3 is 0 Å². The number of hydrogen-bond donors (Lipinski definition) is 2. The first kappa shape index (κ1) is 11.0. The van der Waals surface area contributed by atoms with Gasteiger partial charge in [-0.25, -0.2) is 0 Å². The van der Waals surface area contributed by atoms with Crippen LogP contribution in [0.5, 0.6) is 0 Å². The van der Waals surface area contributed by atoms with Gasteiger partial charge in [0.2, 0.25) is 0 Å². The van der Waals surface area contributed by atoms with Crippen LogP contribution in [-0.2, 0) is 0 Å². The van der Waals surface area contributed by atoms with Crippen molar-refractivity contribution >= 4 is 0 Å². The van der Waals surface area contributed by atoms with Crippen LogP contribution in [0.3, 0.4) is 0 Å². The average Bonchev–Trinajstić information content (AvgIpc) is 2.48. The molecule has 2 unspecified atom stereocenters. The van der Waals surface area contributed by atoms with Crippen molar-refractivity contribution < 1.29 is 5.11 Å². The van der Waals surface area contributed by atoms with E-state index in [1.54, 1.807) is 0 Å². The van der Waals surface area contributed by atoms with Crippen LogP contribution in [0.4, 0.5) is 0 Å². The Bertz CT molecular complexity index is 150. The first-order chi connectivity index (χ1) is 6.03. The molecule has 0 amide bonds. The van der Waals surface area contributed by atoms with E-state index in [4.69, 9.17) is 0 Å². The van der Waals surface area contributed by atoms with Crippen LogP contribution in [0.2, 0.25) is 0 Å². The molecular weight excluding hydrogens is 162 g/mol. The topological polar surface area (TPSA) is 32.3 Å². The van der Waals surface area contributed by atoms with Crippen LogP contribution < -0.4 is 5.32 Å². The highest BCUT2D eigenvalue weighted by Gasteiger charge is 2.28. The van der Waals surface area contributed by atoms with Gasteiger partial charge in [0, 0.05) is 12.6 Å². The van der Waals surface area contributed by atoms with Gasteiger partial charge in [0.1, 0.15) is 0 Å². The standard InChI is InChI=1S/C11H23NO/c1-9(10(2)13)12-8-11(3)6-4-5-7-11/h9-10,12-13H,4-8H2,1-3H3. The Labute approximate surface area is 81.7 Å². The molecule has 2 N–H and O–H groups in total. The summed E-state index contributed by atoms with van der Waals surface area (Å²) in [7, 11) is 0. The number of hydrogen-bond acceptors (Lipinski definition) is 2. The van der Waals surface area contributed by atoms with E-state index >= 15 is 0 Å². The minimum Gasteiger partial charge on any atom is -0.392 e. The molecule has 2 nitrogen and oxygen atoms in total. The zero-order valence-electron chi connectivity index (χ0n) is 9.14. The molecule has 0 spiro atoms. The molecule has 2 atom stereocenters. The number of nitrogens with one attached hydrogen (secondary N) is 1. The first-order valence-electron chi connectivity index (χ1n) is 5.45. The Morgan fingerprint density at radius 3 is 2.31 bits per heavy atom. The third-order valence-electron chi connectivity index (χ3n) is 3.39. The Kier molecular flexibility index (Phi) is 3.74. The van der Waals surface area contributed by atoms with Crippen molar-refractivity contribution in [2.75, 3.05) is 6.54 Å². The Morgan fingerprint density at radius 1 is 1.31 bits per heavy atom. The summed E-state index contributed by atoms with van der Waals surface area (Å²) in [6.45, 7) is 7.29. The van der Waals surface area contributed by atoms with Crippen LogP contribution in [-0.4, -0.2) is 23.8 Å². The van der Waals surface area contributed by atoms with E-state index in [0.717, 1.165) is 6.54 Å². The van der Waals surface area contributed by atoms with Crippen LogP contribution in [0, 0.1) is 5.41 Å². The fourth-order valence-corrected chi connectivity index (χ4v) is 1.98. The summed E-state index contributed by atoms with van der Waals surface area (Å²) < 4.78 is 0. The van der Waals surface area contributed by atoms with Crippen LogP contribution >= 0.6 is 0 Å². The van der Waals surface area contributed by atoms with E-state index in [9.17, 15) is 5.11 Å². The summed E-state index contributed by atoms with van der Waals surface area (Å²) in [5.74, 6) is 0. The highest BCUT2D eigenvalue weighted by Crippen LogP contribution is 2.36. The van der Waals surface area contributed by atoms with Crippen molar-refractivity contribution in [1.82, 2.24) is 5.32 Å². The van der Waals surface area contributed by atoms with Crippen molar-refractivity contribution in [1.29, 1.82) is 0 Å². The van der Waals surface area contributed by atoms with E-state index in [2.05, 4.69) is 12.2 Å². The molecule has 1 aliphatic rings. The maximum Gasteiger partial charge on any atom is 0.0662 e. The maximum atomic E-state index is 9.32. The van der Waals surface area contributed by atoms with Crippen molar-refractivity contribution in [3.05, 3.63) is 0 Å². The molecule has 0 saturated heterocycles. The van der Waals surface area contributed by atoms with Gasteiger partial charge in [-0.15, -0.1) is 0 Å². The summed E-state index contributed by atoms with van der Waals surface area (Å²) in [4.78, 5) is 0. The molecule has 78 valence electrons. The lowest BCUT2D eigenvalue weighted by atomic mass is 9.88. The molecular formula is C11H23NO. The molecule has 0 aromatic heterocycles. The Balaban J connectivity index is 2.24. The molecule has 0 radical (unpaired) electrons. The molecule has 1 fully saturated rings. The zero-order valence-corrected chi connectivity index (χ0v) is 9.14. The van der Waals surface area contributed by atoms with Crippen molar-refractivity contribution in [3.63, 3.8) is 0 Å². The molecule has 0 aliphatic heterocycles. The maximum absolute atomic E-state index is 9.32. The predicted molar refractivity (Wildman–Crippen MR) is 55.7 cm³/mol. The molecule has 0 aromatic carbocycles. The average molecular weight is 185 g/mol. The van der Waals surface area contributed by atoms with Gasteiger partial charge in [0.05, 0.1) is 6.10 Å². The summed E-state index contributed by atoms with van der Waals surface area (Å²) in [5, 5.41) is 12.7. The number of rotatable bonds is 4. The summed E-state index contributed by atoms with van der Waals surface area (Å²) >= 11 is 0. The van der Waals surface area contributed by atoms with Crippen LogP contribution in [0.1, 0.15) is 46.5 Å². The molecule has 2 heteroatoms. The second-order valence-corrected chi connectivity index (χ2v) is 4.93. The lowest BCUT2D eigenvalue weighted by molar-refractivity contribution is 0.143. The third-order valence-corrected chi connectivity index (χ3v) is 3.39. The smallest absolute Gasteiger partial charge is 0.0662 e. The van der Waals surface area contributed by atoms with E-state index in [0.29, 0.717) is 5.41 Å². The normalized spacial score (nSPS) is 25.8. The lowest BCUT2D eigenvalue weighted by Crippen LogP contribution is -2.41. The van der Waals surface area contributed by atoms with E-state index in [1.165, 1.54) is 25.7 Å². The third kappa shape index (κ3) is 3.28. The van der Waals surface area contributed by atoms with Gasteiger partial charge in [-0.1, -0.05) is 19.8 Å². The van der Waals surface area contributed by atoms with Crippen LogP contribution in [0.25, 0.3) is 0 Å². The summed E-state index contributed by atoms with van der Waals surface area (Å²) in [6, 6.07) is 0.220. The molecule has 0 aromatic rings. The van der Waals surface area contributed by atoms with Gasteiger partial charge in [0.15, 0.2) is 0 Å². The Hall–Kier alpha value is -0.0800. The predicted octanol–water partition coefficient (Wildman–Crippen LogP) is 1.93. The summed E-state index contributed by atoms with van der Waals surface area (Å²) in [6.07, 6.45) is 5.19. The minimum atomic E-state index is -0.245. The molecule has 1 saturated carbocycles. The van der Waals surface area contributed by atoms with E-state index in [-0.39, 0.29) is 12.1 Å². The fourth-order valence-electron chi connectivity index (χ4n) is 1.98. The highest BCUT2D eigenvalue weighted by atomic mass is 16.3. The van der Waals surface area contributed by atoms with Gasteiger partial charge in [-0.05, 0) is 32.1 Å². The quantitative estimate of drug-likeness (QED) is 0.701. The first-order valence-corrected chi connectivity index (χ1v) is 5.45. The fraction of sp³-hybridized carbons (Fsp3) is 1.00. The largest absolute Gasteiger partial charge is 0.392 e. The van der Waals surface area contributed by atoms with Gasteiger partial charge in [0.25, 0.3) is 0 Å². The SMILES string of the molecule is CC(O)C(C)NCC1(C)CCCC1. The molecule has 0 heterocycles. The molecule has 0 bridgehead atoms. The number of aliphatic hydroxyl groups excluding tert-OH is 1. The van der Waals surface area contributed by atoms with Crippen molar-refractivity contribution in [2.24, 2.45) is 5.41 Å². The molecule has 1 rings (SSSR count).